The topological polar surface area (TPSA) is 102 Å². The summed E-state index contributed by atoms with van der Waals surface area (Å²) < 4.78 is 15.4. The molecule has 2 heterocycles. The Morgan fingerprint density at radius 2 is 1.91 bits per heavy atom. The lowest BCUT2D eigenvalue weighted by Gasteiger charge is -2.43. The van der Waals surface area contributed by atoms with Crippen molar-refractivity contribution in [2.24, 2.45) is 11.8 Å². The standard InChI is InChI=1S/C23H37FN6O3/c1-15-11-29(12-16(2)28(15)4)22-21(24)20(26-17(3)27-22)10-25-23(32)19(13-30(33)14-31)9-18-7-5-6-8-18/h14-16,18-19,33H,5-13H2,1-4H3,(H,25,32)/t15-,16+,19-/m1/s1. The van der Waals surface area contributed by atoms with Crippen LogP contribution >= 0.6 is 0 Å². The summed E-state index contributed by atoms with van der Waals surface area (Å²) in [5.41, 5.74) is 0.140. The summed E-state index contributed by atoms with van der Waals surface area (Å²) in [5.74, 6) is -0.293. The van der Waals surface area contributed by atoms with E-state index in [1.807, 2.05) is 4.90 Å². The number of aryl methyl sites for hydroxylation is 1. The molecule has 184 valence electrons. The van der Waals surface area contributed by atoms with Gasteiger partial charge in [-0.05, 0) is 40.2 Å². The molecule has 3 atom stereocenters. The monoisotopic (exact) mass is 464 g/mol. The van der Waals surface area contributed by atoms with E-state index in [9.17, 15) is 14.8 Å². The van der Waals surface area contributed by atoms with Gasteiger partial charge < -0.3 is 10.2 Å². The molecule has 0 bridgehead atoms. The number of nitrogens with zero attached hydrogens (tertiary/aromatic N) is 5. The Balaban J connectivity index is 1.71. The second kappa shape index (κ2) is 11.2. The lowest BCUT2D eigenvalue weighted by molar-refractivity contribution is -0.155. The number of carbonyl (C=O) groups is 2. The molecule has 0 spiro atoms. The largest absolute Gasteiger partial charge is 0.351 e. The average Bonchev–Trinajstić information content (AvgIpc) is 3.29. The van der Waals surface area contributed by atoms with E-state index in [-0.39, 0.29) is 42.6 Å². The highest BCUT2D eigenvalue weighted by molar-refractivity contribution is 5.79. The zero-order valence-corrected chi connectivity index (χ0v) is 20.1. The quantitative estimate of drug-likeness (QED) is 0.328. The third-order valence-electron chi connectivity index (χ3n) is 7.10. The van der Waals surface area contributed by atoms with Crippen LogP contribution in [-0.4, -0.2) is 76.2 Å². The van der Waals surface area contributed by atoms with Crippen LogP contribution in [0.25, 0.3) is 0 Å². The molecule has 2 aliphatic rings. The summed E-state index contributed by atoms with van der Waals surface area (Å²) >= 11 is 0. The number of carbonyl (C=O) groups excluding carboxylic acids is 2. The molecule has 2 N–H and O–H groups in total. The number of hydrogen-bond acceptors (Lipinski definition) is 7. The molecule has 0 radical (unpaired) electrons. The first-order chi connectivity index (χ1) is 15.7. The van der Waals surface area contributed by atoms with Gasteiger partial charge in [0.25, 0.3) is 0 Å². The second-order valence-corrected chi connectivity index (χ2v) is 9.65. The van der Waals surface area contributed by atoms with Gasteiger partial charge in [0.2, 0.25) is 12.3 Å². The molecule has 1 aliphatic carbocycles. The van der Waals surface area contributed by atoms with Gasteiger partial charge in [-0.2, -0.15) is 0 Å². The molecule has 10 heteroatoms. The lowest BCUT2D eigenvalue weighted by Crippen LogP contribution is -2.55. The molecule has 1 aromatic rings. The number of likely N-dealkylation sites (N-methyl/N-ethyl adjacent to an activating group) is 1. The number of hydroxylamine groups is 2. The van der Waals surface area contributed by atoms with E-state index in [4.69, 9.17) is 0 Å². The van der Waals surface area contributed by atoms with Gasteiger partial charge >= 0.3 is 0 Å². The van der Waals surface area contributed by atoms with Crippen LogP contribution in [0, 0.1) is 24.6 Å². The van der Waals surface area contributed by atoms with Crippen LogP contribution in [0.15, 0.2) is 0 Å². The number of nitrogens with one attached hydrogen (secondary N) is 1. The van der Waals surface area contributed by atoms with Crippen molar-refractivity contribution in [2.45, 2.75) is 71.5 Å². The van der Waals surface area contributed by atoms with Crippen LogP contribution < -0.4 is 10.2 Å². The molecule has 9 nitrogen and oxygen atoms in total. The number of halogens is 1. The Morgan fingerprint density at radius 1 is 1.27 bits per heavy atom. The predicted octanol–water partition coefficient (Wildman–Crippen LogP) is 2.11. The summed E-state index contributed by atoms with van der Waals surface area (Å²) in [7, 11) is 2.06. The number of rotatable bonds is 9. The van der Waals surface area contributed by atoms with E-state index in [0.717, 1.165) is 25.7 Å². The van der Waals surface area contributed by atoms with Crippen LogP contribution in [-0.2, 0) is 16.1 Å². The Morgan fingerprint density at radius 3 is 2.52 bits per heavy atom. The van der Waals surface area contributed by atoms with Crippen LogP contribution in [0.4, 0.5) is 10.2 Å². The minimum absolute atomic E-state index is 0.0758. The third kappa shape index (κ3) is 6.38. The highest BCUT2D eigenvalue weighted by Gasteiger charge is 2.31. The Labute approximate surface area is 195 Å². The summed E-state index contributed by atoms with van der Waals surface area (Å²) in [4.78, 5) is 36.6. The van der Waals surface area contributed by atoms with Crippen molar-refractivity contribution in [3.8, 4) is 0 Å². The summed E-state index contributed by atoms with van der Waals surface area (Å²) in [6, 6.07) is 0.504. The minimum atomic E-state index is -0.562. The van der Waals surface area contributed by atoms with Crippen molar-refractivity contribution in [2.75, 3.05) is 31.6 Å². The molecule has 2 fully saturated rings. The second-order valence-electron chi connectivity index (χ2n) is 9.65. The van der Waals surface area contributed by atoms with Crippen LogP contribution in [0.3, 0.4) is 0 Å². The highest BCUT2D eigenvalue weighted by Crippen LogP contribution is 2.31. The van der Waals surface area contributed by atoms with E-state index in [1.54, 1.807) is 6.92 Å². The zero-order valence-electron chi connectivity index (χ0n) is 20.1. The van der Waals surface area contributed by atoms with Crippen molar-refractivity contribution in [3.05, 3.63) is 17.3 Å². The zero-order chi connectivity index (χ0) is 24.1. The summed E-state index contributed by atoms with van der Waals surface area (Å²) in [5, 5.41) is 12.9. The van der Waals surface area contributed by atoms with E-state index in [0.29, 0.717) is 42.7 Å². The predicted molar refractivity (Wildman–Crippen MR) is 122 cm³/mol. The van der Waals surface area contributed by atoms with Gasteiger partial charge in [-0.15, -0.1) is 0 Å². The Hall–Kier alpha value is -2.33. The van der Waals surface area contributed by atoms with Crippen molar-refractivity contribution in [3.63, 3.8) is 0 Å². The van der Waals surface area contributed by atoms with Crippen molar-refractivity contribution in [1.82, 2.24) is 25.2 Å². The smallest absolute Gasteiger partial charge is 0.233 e. The van der Waals surface area contributed by atoms with E-state index in [2.05, 4.69) is 41.1 Å². The lowest BCUT2D eigenvalue weighted by atomic mass is 9.92. The molecule has 0 aromatic carbocycles. The normalized spacial score (nSPS) is 22.9. The molecular formula is C23H37FN6O3. The van der Waals surface area contributed by atoms with Crippen LogP contribution in [0.2, 0.25) is 0 Å². The fourth-order valence-electron chi connectivity index (χ4n) is 5.00. The fraction of sp³-hybridized carbons (Fsp3) is 0.739. The maximum atomic E-state index is 15.4. The van der Waals surface area contributed by atoms with Gasteiger partial charge in [-0.3, -0.25) is 19.7 Å². The molecule has 3 rings (SSSR count). The summed E-state index contributed by atoms with van der Waals surface area (Å²) in [6.07, 6.45) is 5.24. The van der Waals surface area contributed by atoms with Gasteiger partial charge in [0.05, 0.1) is 19.0 Å². The van der Waals surface area contributed by atoms with E-state index < -0.39 is 11.7 Å². The maximum Gasteiger partial charge on any atom is 0.233 e. The van der Waals surface area contributed by atoms with Gasteiger partial charge in [0, 0.05) is 25.2 Å². The fourth-order valence-corrected chi connectivity index (χ4v) is 5.00. The van der Waals surface area contributed by atoms with Crippen molar-refractivity contribution >= 4 is 18.1 Å². The maximum absolute atomic E-state index is 15.4. The number of amides is 2. The van der Waals surface area contributed by atoms with Crippen LogP contribution in [0.5, 0.6) is 0 Å². The minimum Gasteiger partial charge on any atom is -0.351 e. The molecule has 1 saturated carbocycles. The first-order valence-electron chi connectivity index (χ1n) is 11.9. The molecule has 1 aromatic heterocycles. The molecule has 1 aliphatic heterocycles. The number of anilines is 1. The number of hydrogen-bond donors (Lipinski definition) is 2. The molecular weight excluding hydrogens is 427 g/mol. The molecule has 2 amide bonds. The molecule has 0 unspecified atom stereocenters. The Bertz CT molecular complexity index is 823. The third-order valence-corrected chi connectivity index (χ3v) is 7.10. The van der Waals surface area contributed by atoms with Crippen molar-refractivity contribution < 1.29 is 19.2 Å². The SMILES string of the molecule is Cc1nc(CNC(=O)[C@H](CC2CCCC2)CN(O)C=O)c(F)c(N2C[C@@H](C)N(C)[C@@H](C)C2)n1. The molecule has 33 heavy (non-hydrogen) atoms. The number of piperazine rings is 1. The highest BCUT2D eigenvalue weighted by atomic mass is 19.1. The van der Waals surface area contributed by atoms with Gasteiger partial charge in [0.15, 0.2) is 11.6 Å². The van der Waals surface area contributed by atoms with Gasteiger partial charge in [0.1, 0.15) is 11.5 Å². The first kappa shape index (κ1) is 25.3. The van der Waals surface area contributed by atoms with Crippen LogP contribution in [0.1, 0.15) is 57.5 Å². The van der Waals surface area contributed by atoms with Gasteiger partial charge in [-0.1, -0.05) is 25.7 Å². The van der Waals surface area contributed by atoms with E-state index >= 15 is 4.39 Å². The average molecular weight is 465 g/mol. The number of aromatic nitrogens is 2. The van der Waals surface area contributed by atoms with E-state index in [1.165, 1.54) is 0 Å². The summed E-state index contributed by atoms with van der Waals surface area (Å²) in [6.45, 7) is 7.07. The Kier molecular flexibility index (Phi) is 8.58. The molecule has 1 saturated heterocycles. The van der Waals surface area contributed by atoms with Gasteiger partial charge in [-0.25, -0.2) is 19.4 Å². The first-order valence-corrected chi connectivity index (χ1v) is 11.9. The van der Waals surface area contributed by atoms with Crippen molar-refractivity contribution in [1.29, 1.82) is 0 Å².